The number of benzene rings is 3. The number of imidazole rings is 1. The maximum Gasteiger partial charge on any atom is 0.387 e. The van der Waals surface area contributed by atoms with Gasteiger partial charge in [-0.15, -0.1) is 0 Å². The van der Waals surface area contributed by atoms with E-state index in [-0.39, 0.29) is 31.2 Å². The number of halogens is 2. The molecule has 198 valence electrons. The molecule has 2 N–H and O–H groups in total. The molecule has 3 aromatic carbocycles. The lowest BCUT2D eigenvalue weighted by Gasteiger charge is -2.37. The number of fused-ring (bicyclic) bond motifs is 9. The van der Waals surface area contributed by atoms with E-state index in [0.717, 1.165) is 21.5 Å². The van der Waals surface area contributed by atoms with Crippen molar-refractivity contribution in [1.82, 2.24) is 14.5 Å². The fraction of sp³-hybridized carbons (Fsp3) is 0.286. The minimum Gasteiger partial charge on any atom is -0.434 e. The highest BCUT2D eigenvalue weighted by molar-refractivity contribution is 7.64. The molecule has 2 aliphatic rings. The van der Waals surface area contributed by atoms with Gasteiger partial charge in [0.05, 0.1) is 23.1 Å². The van der Waals surface area contributed by atoms with Crippen LogP contribution in [0.3, 0.4) is 0 Å². The zero-order valence-corrected chi connectivity index (χ0v) is 22.4. The largest absolute Gasteiger partial charge is 0.434 e. The number of aryl methyl sites for hydroxylation is 1. The van der Waals surface area contributed by atoms with Gasteiger partial charge in [-0.2, -0.15) is 8.78 Å². The molecule has 2 radical (unpaired) electrons. The first kappa shape index (κ1) is 25.9. The fourth-order valence-corrected chi connectivity index (χ4v) is 7.15. The molecule has 0 fully saturated rings. The number of alkyl halides is 2. The van der Waals surface area contributed by atoms with Crippen LogP contribution in [0, 0.1) is 6.92 Å². The Labute approximate surface area is 226 Å². The molecule has 6 rings (SSSR count). The SMILES string of the molecule is [B]C(O)(O)N1C(=O)c2cccc(OC(F)F)c2C2CC1c1nc3ccc(-c4ccc(P(C)C)c(C)c4)cc3n12. The van der Waals surface area contributed by atoms with E-state index < -0.39 is 30.4 Å². The quantitative estimate of drug-likeness (QED) is 0.222. The van der Waals surface area contributed by atoms with Crippen molar-refractivity contribution in [2.45, 2.75) is 37.9 Å². The fourth-order valence-electron chi connectivity index (χ4n) is 6.00. The average Bonchev–Trinajstić information content (AvgIpc) is 3.35. The molecule has 3 heterocycles. The highest BCUT2D eigenvalue weighted by Gasteiger charge is 2.50. The van der Waals surface area contributed by atoms with E-state index >= 15 is 0 Å². The summed E-state index contributed by atoms with van der Waals surface area (Å²) < 4.78 is 33.5. The molecular weight excluding hydrogens is 522 g/mol. The Morgan fingerprint density at radius 3 is 2.49 bits per heavy atom. The molecule has 2 atom stereocenters. The van der Waals surface area contributed by atoms with E-state index in [0.29, 0.717) is 11.3 Å². The monoisotopic (exact) mass is 547 g/mol. The first-order valence-corrected chi connectivity index (χ1v) is 14.6. The van der Waals surface area contributed by atoms with E-state index in [2.05, 4.69) is 38.5 Å². The van der Waals surface area contributed by atoms with Gasteiger partial charge in [0.25, 0.3) is 5.91 Å². The summed E-state index contributed by atoms with van der Waals surface area (Å²) in [5, 5.41) is 22.2. The van der Waals surface area contributed by atoms with Gasteiger partial charge in [0.1, 0.15) is 11.6 Å². The highest BCUT2D eigenvalue weighted by atomic mass is 31.1. The first-order chi connectivity index (χ1) is 18.5. The van der Waals surface area contributed by atoms with E-state index in [1.165, 1.54) is 29.1 Å². The Morgan fingerprint density at radius 1 is 1.10 bits per heavy atom. The molecule has 0 aliphatic carbocycles. The van der Waals surface area contributed by atoms with Crippen LogP contribution in [0.4, 0.5) is 8.78 Å². The van der Waals surface area contributed by atoms with E-state index in [9.17, 15) is 23.8 Å². The maximum absolute atomic E-state index is 13.5. The molecular formula is C28H25BF2N3O4P. The number of hydrogen-bond donors (Lipinski definition) is 2. The molecule has 1 aromatic heterocycles. The Morgan fingerprint density at radius 2 is 1.82 bits per heavy atom. The molecule has 0 saturated carbocycles. The Hall–Kier alpha value is -3.33. The number of carbonyl (C=O) groups is 1. The molecule has 7 nitrogen and oxygen atoms in total. The molecule has 2 unspecified atom stereocenters. The summed E-state index contributed by atoms with van der Waals surface area (Å²) in [4.78, 5) is 19.0. The van der Waals surface area contributed by atoms with Crippen LogP contribution in [0.15, 0.2) is 54.6 Å². The number of rotatable bonds is 5. The summed E-state index contributed by atoms with van der Waals surface area (Å²) in [5.41, 5.74) is 4.73. The molecule has 39 heavy (non-hydrogen) atoms. The third kappa shape index (κ3) is 4.13. The van der Waals surface area contributed by atoms with Gasteiger partial charge >= 0.3 is 6.61 Å². The third-order valence-corrected chi connectivity index (χ3v) is 8.98. The normalized spacial score (nSPS) is 18.6. The molecule has 4 aromatic rings. The van der Waals surface area contributed by atoms with Crippen LogP contribution >= 0.6 is 7.92 Å². The summed E-state index contributed by atoms with van der Waals surface area (Å²) in [5.74, 6) is -3.60. The van der Waals surface area contributed by atoms with Crippen molar-refractivity contribution < 1.29 is 28.5 Å². The zero-order valence-electron chi connectivity index (χ0n) is 21.5. The van der Waals surface area contributed by atoms with Crippen molar-refractivity contribution in [2.75, 3.05) is 13.3 Å². The van der Waals surface area contributed by atoms with Crippen LogP contribution in [0.2, 0.25) is 0 Å². The van der Waals surface area contributed by atoms with Crippen molar-refractivity contribution in [3.05, 3.63) is 77.1 Å². The van der Waals surface area contributed by atoms with Gasteiger partial charge in [-0.3, -0.25) is 9.69 Å². The van der Waals surface area contributed by atoms with Gasteiger partial charge < -0.3 is 19.5 Å². The summed E-state index contributed by atoms with van der Waals surface area (Å²) in [7, 11) is 5.41. The van der Waals surface area contributed by atoms with Gasteiger partial charge in [0.2, 0.25) is 0 Å². The lowest BCUT2D eigenvalue weighted by molar-refractivity contribution is -0.190. The molecule has 0 spiro atoms. The van der Waals surface area contributed by atoms with Crippen LogP contribution < -0.4 is 10.0 Å². The van der Waals surface area contributed by atoms with Gasteiger partial charge in [-0.25, -0.2) is 4.98 Å². The lowest BCUT2D eigenvalue weighted by atomic mass is 9.97. The van der Waals surface area contributed by atoms with E-state index in [4.69, 9.17) is 17.6 Å². The smallest absolute Gasteiger partial charge is 0.387 e. The van der Waals surface area contributed by atoms with Gasteiger partial charge in [-0.05, 0) is 66.5 Å². The minimum absolute atomic E-state index is 0.00377. The summed E-state index contributed by atoms with van der Waals surface area (Å²) in [6.07, 6.45) is 0.148. The predicted octanol–water partition coefficient (Wildman–Crippen LogP) is 4.23. The molecule has 1 amide bonds. The minimum atomic E-state index is -3.11. The van der Waals surface area contributed by atoms with Crippen molar-refractivity contribution >= 4 is 38.0 Å². The van der Waals surface area contributed by atoms with Crippen LogP contribution in [-0.2, 0) is 0 Å². The second-order valence-corrected chi connectivity index (χ2v) is 12.4. The first-order valence-electron chi connectivity index (χ1n) is 12.4. The number of amides is 1. The van der Waals surface area contributed by atoms with Crippen LogP contribution in [0.25, 0.3) is 22.2 Å². The van der Waals surface area contributed by atoms with Gasteiger partial charge in [0, 0.05) is 17.5 Å². The van der Waals surface area contributed by atoms with Crippen LogP contribution in [0.1, 0.15) is 45.8 Å². The number of nitrogens with zero attached hydrogens (tertiary/aromatic N) is 3. The predicted molar refractivity (Wildman–Crippen MR) is 146 cm³/mol. The second-order valence-electron chi connectivity index (χ2n) is 10.2. The molecule has 0 saturated heterocycles. The highest BCUT2D eigenvalue weighted by Crippen LogP contribution is 2.51. The standard InChI is InChI=1S/C28H25BF2N3O4P/c1-14-11-15(8-10-23(14)39(2)3)16-7-9-18-19(12-16)33-20-13-21(25(33)32-18)34(28(29,36)37)26(35)17-5-4-6-22(24(17)20)38-27(30)31/h4-12,20-21,27,36-37H,13H2,1-3H3. The van der Waals surface area contributed by atoms with E-state index in [1.807, 2.05) is 22.8 Å². The van der Waals surface area contributed by atoms with Crippen LogP contribution in [-0.4, -0.2) is 64.2 Å². The number of hydrogen-bond acceptors (Lipinski definition) is 5. The van der Waals surface area contributed by atoms with Gasteiger partial charge in [-0.1, -0.05) is 38.3 Å². The second kappa shape index (κ2) is 9.12. The molecule has 11 heteroatoms. The summed E-state index contributed by atoms with van der Waals surface area (Å²) in [6, 6.07) is 14.9. The summed E-state index contributed by atoms with van der Waals surface area (Å²) >= 11 is 0. The Kier molecular flexibility index (Phi) is 6.06. The molecule has 2 aliphatic heterocycles. The maximum atomic E-state index is 13.5. The zero-order chi connectivity index (χ0) is 27.8. The van der Waals surface area contributed by atoms with E-state index in [1.54, 1.807) is 0 Å². The number of aliphatic hydroxyl groups is 2. The van der Waals surface area contributed by atoms with Crippen molar-refractivity contribution in [3.63, 3.8) is 0 Å². The van der Waals surface area contributed by atoms with Crippen molar-refractivity contribution in [2.24, 2.45) is 0 Å². The summed E-state index contributed by atoms with van der Waals surface area (Å²) in [6.45, 7) is 3.41. The van der Waals surface area contributed by atoms with Crippen molar-refractivity contribution in [1.29, 1.82) is 0 Å². The third-order valence-electron chi connectivity index (χ3n) is 7.52. The Bertz CT molecular complexity index is 1640. The van der Waals surface area contributed by atoms with Crippen molar-refractivity contribution in [3.8, 4) is 16.9 Å². The molecule has 2 bridgehead atoms. The number of ether oxygens (including phenoxy) is 1. The van der Waals surface area contributed by atoms with Crippen LogP contribution in [0.5, 0.6) is 5.75 Å². The van der Waals surface area contributed by atoms with Gasteiger partial charge in [0.15, 0.2) is 13.7 Å². The number of carbonyl (C=O) groups excluding carboxylic acids is 1. The number of aromatic nitrogens is 2. The topological polar surface area (TPSA) is 87.8 Å². The average molecular weight is 547 g/mol. The lowest BCUT2D eigenvalue weighted by Crippen LogP contribution is -2.53. The Balaban J connectivity index is 1.58.